The van der Waals surface area contributed by atoms with E-state index in [4.69, 9.17) is 21.1 Å². The molecule has 1 amide bonds. The number of benzene rings is 2. The van der Waals surface area contributed by atoms with Crippen molar-refractivity contribution in [1.29, 1.82) is 0 Å². The molecule has 0 atom stereocenters. The first-order valence-corrected chi connectivity index (χ1v) is 8.03. The SMILES string of the molecule is COc1ccc(NC(=O)c2sc3ccc(OC)cc3c2Cl)cc1. The highest BCUT2D eigenvalue weighted by molar-refractivity contribution is 7.21. The minimum Gasteiger partial charge on any atom is -0.497 e. The van der Waals surface area contributed by atoms with Gasteiger partial charge >= 0.3 is 0 Å². The topological polar surface area (TPSA) is 47.6 Å². The molecule has 0 aliphatic rings. The quantitative estimate of drug-likeness (QED) is 0.735. The van der Waals surface area contributed by atoms with Crippen molar-refractivity contribution < 1.29 is 14.3 Å². The number of nitrogens with one attached hydrogen (secondary N) is 1. The van der Waals surface area contributed by atoms with Gasteiger partial charge in [0, 0.05) is 15.8 Å². The Morgan fingerprint density at radius 2 is 1.70 bits per heavy atom. The number of rotatable bonds is 4. The number of hydrogen-bond acceptors (Lipinski definition) is 4. The average Bonchev–Trinajstić information content (AvgIpc) is 2.92. The fourth-order valence-electron chi connectivity index (χ4n) is 2.18. The molecular weight excluding hydrogens is 334 g/mol. The summed E-state index contributed by atoms with van der Waals surface area (Å²) in [6.07, 6.45) is 0. The van der Waals surface area contributed by atoms with E-state index in [-0.39, 0.29) is 5.91 Å². The van der Waals surface area contributed by atoms with E-state index in [1.807, 2.05) is 18.2 Å². The summed E-state index contributed by atoms with van der Waals surface area (Å²) in [4.78, 5) is 12.9. The number of thiophene rings is 1. The Morgan fingerprint density at radius 3 is 2.35 bits per heavy atom. The molecule has 1 aromatic heterocycles. The van der Waals surface area contributed by atoms with Crippen molar-refractivity contribution in [3.8, 4) is 11.5 Å². The molecule has 3 aromatic rings. The first-order chi connectivity index (χ1) is 11.1. The molecule has 0 spiro atoms. The third kappa shape index (κ3) is 3.11. The fraction of sp³-hybridized carbons (Fsp3) is 0.118. The van der Waals surface area contributed by atoms with Gasteiger partial charge in [-0.05, 0) is 42.5 Å². The lowest BCUT2D eigenvalue weighted by Gasteiger charge is -2.05. The lowest BCUT2D eigenvalue weighted by molar-refractivity contribution is 0.103. The highest BCUT2D eigenvalue weighted by Crippen LogP contribution is 2.37. The van der Waals surface area contributed by atoms with E-state index in [0.717, 1.165) is 15.8 Å². The van der Waals surface area contributed by atoms with Gasteiger partial charge in [0.2, 0.25) is 0 Å². The zero-order valence-corrected chi connectivity index (χ0v) is 14.1. The van der Waals surface area contributed by atoms with Crippen molar-refractivity contribution in [3.63, 3.8) is 0 Å². The van der Waals surface area contributed by atoms with Gasteiger partial charge in [-0.2, -0.15) is 0 Å². The maximum absolute atomic E-state index is 12.5. The summed E-state index contributed by atoms with van der Waals surface area (Å²) < 4.78 is 11.2. The second-order valence-corrected chi connectivity index (χ2v) is 6.22. The highest BCUT2D eigenvalue weighted by atomic mass is 35.5. The fourth-order valence-corrected chi connectivity index (χ4v) is 3.57. The van der Waals surface area contributed by atoms with Crippen molar-refractivity contribution in [2.24, 2.45) is 0 Å². The zero-order valence-electron chi connectivity index (χ0n) is 12.6. The van der Waals surface area contributed by atoms with Gasteiger partial charge in [0.15, 0.2) is 0 Å². The van der Waals surface area contributed by atoms with E-state index in [9.17, 15) is 4.79 Å². The molecule has 3 rings (SSSR count). The van der Waals surface area contributed by atoms with E-state index < -0.39 is 0 Å². The van der Waals surface area contributed by atoms with Gasteiger partial charge in [0.1, 0.15) is 16.4 Å². The van der Waals surface area contributed by atoms with Gasteiger partial charge in [0.05, 0.1) is 19.2 Å². The average molecular weight is 348 g/mol. The predicted molar refractivity (Wildman–Crippen MR) is 94.3 cm³/mol. The van der Waals surface area contributed by atoms with Gasteiger partial charge in [0.25, 0.3) is 5.91 Å². The lowest BCUT2D eigenvalue weighted by atomic mass is 10.2. The number of fused-ring (bicyclic) bond motifs is 1. The standard InChI is InChI=1S/C17H14ClNO3S/c1-21-11-5-3-10(4-6-11)19-17(20)16-15(18)13-9-12(22-2)7-8-14(13)23-16/h3-9H,1-2H3,(H,19,20). The van der Waals surface area contributed by atoms with Gasteiger partial charge < -0.3 is 14.8 Å². The van der Waals surface area contributed by atoms with Crippen LogP contribution in [-0.2, 0) is 0 Å². The Morgan fingerprint density at radius 1 is 1.04 bits per heavy atom. The molecule has 118 valence electrons. The maximum Gasteiger partial charge on any atom is 0.267 e. The molecule has 1 heterocycles. The molecule has 0 saturated heterocycles. The van der Waals surface area contributed by atoms with Crippen LogP contribution in [0.5, 0.6) is 11.5 Å². The molecule has 0 saturated carbocycles. The number of hydrogen-bond donors (Lipinski definition) is 1. The van der Waals surface area contributed by atoms with Crippen LogP contribution in [0, 0.1) is 0 Å². The predicted octanol–water partition coefficient (Wildman–Crippen LogP) is 4.82. The number of anilines is 1. The minimum absolute atomic E-state index is 0.236. The molecule has 0 aliphatic carbocycles. The summed E-state index contributed by atoms with van der Waals surface area (Å²) >= 11 is 7.72. The number of ether oxygens (including phenoxy) is 2. The monoisotopic (exact) mass is 347 g/mol. The van der Waals surface area contributed by atoms with Crippen LogP contribution in [0.1, 0.15) is 9.67 Å². The number of halogens is 1. The second kappa shape index (κ2) is 6.48. The van der Waals surface area contributed by atoms with E-state index >= 15 is 0 Å². The van der Waals surface area contributed by atoms with Crippen LogP contribution in [0.4, 0.5) is 5.69 Å². The van der Waals surface area contributed by atoms with Crippen LogP contribution in [0.15, 0.2) is 42.5 Å². The Hall–Kier alpha value is -2.24. The van der Waals surface area contributed by atoms with Crippen LogP contribution in [0.2, 0.25) is 5.02 Å². The molecule has 1 N–H and O–H groups in total. The first-order valence-electron chi connectivity index (χ1n) is 6.84. The summed E-state index contributed by atoms with van der Waals surface area (Å²) in [5, 5.41) is 4.10. The van der Waals surface area contributed by atoms with Crippen LogP contribution < -0.4 is 14.8 Å². The second-order valence-electron chi connectivity index (χ2n) is 4.79. The van der Waals surface area contributed by atoms with Crippen LogP contribution >= 0.6 is 22.9 Å². The van der Waals surface area contributed by atoms with E-state index in [2.05, 4.69) is 5.32 Å². The largest absolute Gasteiger partial charge is 0.497 e. The first kappa shape index (κ1) is 15.6. The zero-order chi connectivity index (χ0) is 16.4. The summed E-state index contributed by atoms with van der Waals surface area (Å²) in [7, 11) is 3.19. The summed E-state index contributed by atoms with van der Waals surface area (Å²) in [5.74, 6) is 1.20. The molecule has 6 heteroatoms. The summed E-state index contributed by atoms with van der Waals surface area (Å²) in [6.45, 7) is 0. The molecule has 23 heavy (non-hydrogen) atoms. The van der Waals surface area contributed by atoms with Gasteiger partial charge in [-0.3, -0.25) is 4.79 Å². The van der Waals surface area contributed by atoms with E-state index in [0.29, 0.717) is 21.3 Å². The molecule has 0 unspecified atom stereocenters. The Bertz CT molecular complexity index is 858. The van der Waals surface area contributed by atoms with Crippen molar-refractivity contribution >= 4 is 44.6 Å². The minimum atomic E-state index is -0.236. The van der Waals surface area contributed by atoms with Crippen molar-refractivity contribution in [1.82, 2.24) is 0 Å². The normalized spacial score (nSPS) is 10.6. The Labute approximate surface area is 142 Å². The molecule has 0 bridgehead atoms. The molecule has 0 aliphatic heterocycles. The van der Waals surface area contributed by atoms with Gasteiger partial charge in [-0.25, -0.2) is 0 Å². The van der Waals surface area contributed by atoms with Gasteiger partial charge in [-0.15, -0.1) is 11.3 Å². The van der Waals surface area contributed by atoms with Gasteiger partial charge in [-0.1, -0.05) is 11.6 Å². The Kier molecular flexibility index (Phi) is 4.41. The summed E-state index contributed by atoms with van der Waals surface area (Å²) in [6, 6.07) is 12.7. The number of carbonyl (C=O) groups excluding carboxylic acids is 1. The van der Waals surface area contributed by atoms with Crippen molar-refractivity contribution in [2.45, 2.75) is 0 Å². The van der Waals surface area contributed by atoms with Crippen molar-refractivity contribution in [3.05, 3.63) is 52.4 Å². The molecule has 0 fully saturated rings. The van der Waals surface area contributed by atoms with Crippen LogP contribution in [0.25, 0.3) is 10.1 Å². The molecular formula is C17H14ClNO3S. The van der Waals surface area contributed by atoms with E-state index in [1.165, 1.54) is 11.3 Å². The summed E-state index contributed by atoms with van der Waals surface area (Å²) in [5.41, 5.74) is 0.682. The van der Waals surface area contributed by atoms with E-state index in [1.54, 1.807) is 38.5 Å². The third-order valence-electron chi connectivity index (χ3n) is 3.39. The molecule has 0 radical (unpaired) electrons. The van der Waals surface area contributed by atoms with Crippen molar-refractivity contribution in [2.75, 3.05) is 19.5 Å². The molecule has 4 nitrogen and oxygen atoms in total. The van der Waals surface area contributed by atoms with Crippen LogP contribution in [0.3, 0.4) is 0 Å². The molecule has 2 aromatic carbocycles. The number of methoxy groups -OCH3 is 2. The lowest BCUT2D eigenvalue weighted by Crippen LogP contribution is -2.10. The number of carbonyl (C=O) groups is 1. The smallest absolute Gasteiger partial charge is 0.267 e. The third-order valence-corrected chi connectivity index (χ3v) is 5.06. The number of amides is 1. The highest BCUT2D eigenvalue weighted by Gasteiger charge is 2.17. The Balaban J connectivity index is 1.89. The van der Waals surface area contributed by atoms with Crippen LogP contribution in [-0.4, -0.2) is 20.1 Å². The maximum atomic E-state index is 12.5.